The van der Waals surface area contributed by atoms with E-state index in [-0.39, 0.29) is 0 Å². The smallest absolute Gasteiger partial charge is 0.105 e. The van der Waals surface area contributed by atoms with E-state index in [1.54, 1.807) is 0 Å². The Morgan fingerprint density at radius 3 is 2.80 bits per heavy atom. The average molecular weight is 156 g/mol. The highest BCUT2D eigenvalue weighted by Crippen LogP contribution is 2.06. The monoisotopic (exact) mass is 156 g/mol. The lowest BCUT2D eigenvalue weighted by Crippen LogP contribution is -2.00. The molecule has 1 rings (SSSR count). The first kappa shape index (κ1) is 7.66. The first-order valence-electron chi connectivity index (χ1n) is 3.41. The van der Waals surface area contributed by atoms with Gasteiger partial charge in [0.25, 0.3) is 0 Å². The van der Waals surface area contributed by atoms with Gasteiger partial charge in [-0.2, -0.15) is 12.6 Å². The molecule has 56 valence electrons. The van der Waals surface area contributed by atoms with E-state index < -0.39 is 0 Å². The van der Waals surface area contributed by atoms with E-state index in [9.17, 15) is 0 Å². The van der Waals surface area contributed by atoms with Gasteiger partial charge in [0.1, 0.15) is 5.82 Å². The van der Waals surface area contributed by atoms with E-state index in [1.165, 1.54) is 5.69 Å². The molecule has 0 aliphatic carbocycles. The predicted octanol–water partition coefficient (Wildman–Crippen LogP) is 1.64. The van der Waals surface area contributed by atoms with Crippen molar-refractivity contribution in [3.8, 4) is 0 Å². The second-order valence-corrected chi connectivity index (χ2v) is 2.52. The minimum absolute atomic E-state index is 0.772. The summed E-state index contributed by atoms with van der Waals surface area (Å²) in [6.45, 7) is 5.11. The summed E-state index contributed by atoms with van der Waals surface area (Å²) in [6.07, 6.45) is 1.88. The van der Waals surface area contributed by atoms with Crippen LogP contribution in [0.25, 0.3) is 0 Å². The van der Waals surface area contributed by atoms with E-state index in [0.29, 0.717) is 0 Å². The van der Waals surface area contributed by atoms with E-state index in [2.05, 4.69) is 29.1 Å². The van der Waals surface area contributed by atoms with Crippen LogP contribution in [-0.4, -0.2) is 9.55 Å². The summed E-state index contributed by atoms with van der Waals surface area (Å²) < 4.78 is 2.16. The lowest BCUT2D eigenvalue weighted by Gasteiger charge is -2.03. The Hall–Kier alpha value is -0.440. The van der Waals surface area contributed by atoms with Gasteiger partial charge in [0.2, 0.25) is 0 Å². The van der Waals surface area contributed by atoms with Gasteiger partial charge >= 0.3 is 0 Å². The summed E-state index contributed by atoms with van der Waals surface area (Å²) in [7, 11) is 0. The van der Waals surface area contributed by atoms with E-state index in [1.807, 2.05) is 13.1 Å². The summed E-state index contributed by atoms with van der Waals surface area (Å²) in [5.74, 6) is 1.85. The van der Waals surface area contributed by atoms with E-state index >= 15 is 0 Å². The molecule has 10 heavy (non-hydrogen) atoms. The van der Waals surface area contributed by atoms with E-state index in [0.717, 1.165) is 18.1 Å². The van der Waals surface area contributed by atoms with Gasteiger partial charge in [-0.25, -0.2) is 4.98 Å². The SMILES string of the molecule is CCn1c(CS)cnc1C. The number of rotatable bonds is 2. The number of nitrogens with zero attached hydrogens (tertiary/aromatic N) is 2. The Balaban J connectivity index is 3.01. The number of thiol groups is 1. The Morgan fingerprint density at radius 2 is 2.40 bits per heavy atom. The molecule has 0 N–H and O–H groups in total. The fraction of sp³-hybridized carbons (Fsp3) is 0.571. The van der Waals surface area contributed by atoms with Gasteiger partial charge in [-0.3, -0.25) is 0 Å². The second-order valence-electron chi connectivity index (χ2n) is 2.20. The summed E-state index contributed by atoms with van der Waals surface area (Å²) in [4.78, 5) is 4.17. The highest BCUT2D eigenvalue weighted by Gasteiger charge is 2.00. The molecule has 0 atom stereocenters. The minimum atomic E-state index is 0.772. The molecule has 1 aromatic rings. The van der Waals surface area contributed by atoms with Gasteiger partial charge in [-0.15, -0.1) is 0 Å². The molecule has 0 saturated carbocycles. The Bertz CT molecular complexity index is 217. The topological polar surface area (TPSA) is 17.8 Å². The van der Waals surface area contributed by atoms with Gasteiger partial charge in [0.05, 0.1) is 0 Å². The van der Waals surface area contributed by atoms with Gasteiger partial charge < -0.3 is 4.57 Å². The molecule has 1 aromatic heterocycles. The van der Waals surface area contributed by atoms with Crippen molar-refractivity contribution in [3.63, 3.8) is 0 Å². The van der Waals surface area contributed by atoms with Crippen molar-refractivity contribution in [1.29, 1.82) is 0 Å². The number of aryl methyl sites for hydroxylation is 1. The summed E-state index contributed by atoms with van der Waals surface area (Å²) in [5.41, 5.74) is 1.20. The lowest BCUT2D eigenvalue weighted by atomic mass is 10.5. The van der Waals surface area contributed by atoms with Crippen molar-refractivity contribution in [2.45, 2.75) is 26.1 Å². The van der Waals surface area contributed by atoms with Crippen LogP contribution in [0.1, 0.15) is 18.4 Å². The number of imidazole rings is 1. The van der Waals surface area contributed by atoms with Crippen LogP contribution in [0.4, 0.5) is 0 Å². The third kappa shape index (κ3) is 1.19. The number of hydrogen-bond donors (Lipinski definition) is 1. The second kappa shape index (κ2) is 3.10. The Kier molecular flexibility index (Phi) is 2.38. The zero-order valence-corrected chi connectivity index (χ0v) is 7.23. The van der Waals surface area contributed by atoms with Crippen molar-refractivity contribution in [3.05, 3.63) is 17.7 Å². The van der Waals surface area contributed by atoms with Crippen LogP contribution in [0.3, 0.4) is 0 Å². The van der Waals surface area contributed by atoms with Gasteiger partial charge in [0, 0.05) is 24.2 Å². The van der Waals surface area contributed by atoms with Crippen LogP contribution in [0.5, 0.6) is 0 Å². The molecule has 0 amide bonds. The van der Waals surface area contributed by atoms with Crippen LogP contribution in [0, 0.1) is 6.92 Å². The molecule has 0 radical (unpaired) electrons. The molecule has 0 fully saturated rings. The summed E-state index contributed by atoms with van der Waals surface area (Å²) in [6, 6.07) is 0. The molecule has 0 saturated heterocycles. The maximum Gasteiger partial charge on any atom is 0.105 e. The highest BCUT2D eigenvalue weighted by atomic mass is 32.1. The quantitative estimate of drug-likeness (QED) is 0.644. The van der Waals surface area contributed by atoms with Crippen LogP contribution >= 0.6 is 12.6 Å². The Labute approximate surface area is 66.7 Å². The van der Waals surface area contributed by atoms with Crippen molar-refractivity contribution < 1.29 is 0 Å². The standard InChI is InChI=1S/C7H12N2S/c1-3-9-6(2)8-4-7(9)5-10/h4,10H,3,5H2,1-2H3. The molecule has 3 heteroatoms. The van der Waals surface area contributed by atoms with Crippen LogP contribution < -0.4 is 0 Å². The fourth-order valence-electron chi connectivity index (χ4n) is 1.07. The van der Waals surface area contributed by atoms with Crippen LogP contribution in [0.15, 0.2) is 6.20 Å². The molecule has 0 aliphatic rings. The van der Waals surface area contributed by atoms with Crippen LogP contribution in [0.2, 0.25) is 0 Å². The lowest BCUT2D eigenvalue weighted by molar-refractivity contribution is 0.706. The molecular formula is C7H12N2S. The van der Waals surface area contributed by atoms with Gasteiger partial charge in [0.15, 0.2) is 0 Å². The highest BCUT2D eigenvalue weighted by molar-refractivity contribution is 7.79. The van der Waals surface area contributed by atoms with E-state index in [4.69, 9.17) is 0 Å². The third-order valence-corrected chi connectivity index (χ3v) is 1.94. The molecule has 0 unspecified atom stereocenters. The molecule has 0 aliphatic heterocycles. The molecule has 0 bridgehead atoms. The first-order valence-corrected chi connectivity index (χ1v) is 4.04. The zero-order valence-electron chi connectivity index (χ0n) is 6.33. The van der Waals surface area contributed by atoms with Crippen molar-refractivity contribution in [1.82, 2.24) is 9.55 Å². The minimum Gasteiger partial charge on any atom is -0.332 e. The predicted molar refractivity (Wildman–Crippen MR) is 45.3 cm³/mol. The largest absolute Gasteiger partial charge is 0.332 e. The summed E-state index contributed by atoms with van der Waals surface area (Å²) >= 11 is 4.19. The van der Waals surface area contributed by atoms with Crippen molar-refractivity contribution in [2.24, 2.45) is 0 Å². The van der Waals surface area contributed by atoms with Crippen LogP contribution in [-0.2, 0) is 12.3 Å². The summed E-state index contributed by atoms with van der Waals surface area (Å²) in [5, 5.41) is 0. The zero-order chi connectivity index (χ0) is 7.56. The normalized spacial score (nSPS) is 10.3. The van der Waals surface area contributed by atoms with Crippen molar-refractivity contribution >= 4 is 12.6 Å². The molecule has 0 aromatic carbocycles. The molecular weight excluding hydrogens is 144 g/mol. The Morgan fingerprint density at radius 1 is 1.70 bits per heavy atom. The average Bonchev–Trinajstić information content (AvgIpc) is 2.30. The fourth-order valence-corrected chi connectivity index (χ4v) is 1.33. The maximum atomic E-state index is 4.19. The molecule has 0 spiro atoms. The maximum absolute atomic E-state index is 4.19. The first-order chi connectivity index (χ1) is 4.79. The number of hydrogen-bond acceptors (Lipinski definition) is 2. The molecule has 1 heterocycles. The van der Waals surface area contributed by atoms with Crippen molar-refractivity contribution in [2.75, 3.05) is 0 Å². The van der Waals surface area contributed by atoms with Gasteiger partial charge in [-0.05, 0) is 13.8 Å². The number of aromatic nitrogens is 2. The van der Waals surface area contributed by atoms with Gasteiger partial charge in [-0.1, -0.05) is 0 Å². The molecule has 2 nitrogen and oxygen atoms in total. The third-order valence-electron chi connectivity index (χ3n) is 1.62.